The van der Waals surface area contributed by atoms with Gasteiger partial charge in [0.05, 0.1) is 19.3 Å². The first-order valence-electron chi connectivity index (χ1n) is 8.20. The van der Waals surface area contributed by atoms with E-state index in [1.165, 1.54) is 6.07 Å². The van der Waals surface area contributed by atoms with E-state index in [2.05, 4.69) is 5.32 Å². The zero-order valence-electron chi connectivity index (χ0n) is 13.7. The molecule has 2 aliphatic heterocycles. The average Bonchev–Trinajstić information content (AvgIpc) is 2.97. The molecular formula is C17H22F2N2O3. The minimum Gasteiger partial charge on any atom is -0.378 e. The minimum atomic E-state index is -0.871. The smallest absolute Gasteiger partial charge is 0.317 e. The fraction of sp³-hybridized carbons (Fsp3) is 0.588. The first-order valence-corrected chi connectivity index (χ1v) is 8.20. The molecule has 2 heterocycles. The predicted molar refractivity (Wildman–Crippen MR) is 83.7 cm³/mol. The molecule has 7 heteroatoms. The van der Waals surface area contributed by atoms with E-state index < -0.39 is 17.2 Å². The fourth-order valence-electron chi connectivity index (χ4n) is 3.31. The molecule has 0 bridgehead atoms. The minimum absolute atomic E-state index is 0.0441. The molecule has 5 nitrogen and oxygen atoms in total. The second-order valence-electron chi connectivity index (χ2n) is 6.52. The number of carbonyl (C=O) groups excluding carboxylic acids is 1. The van der Waals surface area contributed by atoms with Crippen LogP contribution in [0.3, 0.4) is 0 Å². The zero-order valence-corrected chi connectivity index (χ0v) is 13.7. The topological polar surface area (TPSA) is 50.8 Å². The Hall–Kier alpha value is -1.73. The lowest BCUT2D eigenvalue weighted by Gasteiger charge is -2.42. The molecule has 2 atom stereocenters. The molecule has 0 aromatic heterocycles. The van der Waals surface area contributed by atoms with Gasteiger partial charge in [0.1, 0.15) is 5.60 Å². The van der Waals surface area contributed by atoms with Crippen molar-refractivity contribution < 1.29 is 23.0 Å². The quantitative estimate of drug-likeness (QED) is 0.917. The van der Waals surface area contributed by atoms with Crippen LogP contribution >= 0.6 is 0 Å². The lowest BCUT2D eigenvalue weighted by atomic mass is 9.99. The summed E-state index contributed by atoms with van der Waals surface area (Å²) in [5.41, 5.74) is 0.250. The Kier molecular flexibility index (Phi) is 5.01. The number of urea groups is 1. The van der Waals surface area contributed by atoms with Gasteiger partial charge in [-0.05, 0) is 31.0 Å². The summed E-state index contributed by atoms with van der Waals surface area (Å²) >= 11 is 0. The molecule has 0 saturated carbocycles. The van der Waals surface area contributed by atoms with Crippen molar-refractivity contribution in [2.45, 2.75) is 31.5 Å². The summed E-state index contributed by atoms with van der Waals surface area (Å²) in [4.78, 5) is 14.1. The maximum absolute atomic E-state index is 13.2. The van der Waals surface area contributed by atoms with Crippen LogP contribution in [-0.2, 0) is 15.9 Å². The molecule has 0 unspecified atom stereocenters. The Bertz CT molecular complexity index is 605. The van der Waals surface area contributed by atoms with E-state index in [1.54, 1.807) is 4.90 Å². The van der Waals surface area contributed by atoms with Gasteiger partial charge < -0.3 is 19.7 Å². The van der Waals surface area contributed by atoms with Crippen LogP contribution in [0.5, 0.6) is 0 Å². The lowest BCUT2D eigenvalue weighted by molar-refractivity contribution is -0.137. The van der Waals surface area contributed by atoms with Crippen LogP contribution in [0, 0.1) is 11.6 Å². The Morgan fingerprint density at radius 3 is 2.96 bits per heavy atom. The monoisotopic (exact) mass is 340 g/mol. The van der Waals surface area contributed by atoms with E-state index in [0.717, 1.165) is 18.6 Å². The van der Waals surface area contributed by atoms with E-state index >= 15 is 0 Å². The van der Waals surface area contributed by atoms with Crippen molar-refractivity contribution in [3.05, 3.63) is 35.4 Å². The van der Waals surface area contributed by atoms with Gasteiger partial charge in [-0.15, -0.1) is 0 Å². The molecule has 2 saturated heterocycles. The normalized spacial score (nSPS) is 26.8. The van der Waals surface area contributed by atoms with Crippen LogP contribution in [0.25, 0.3) is 0 Å². The van der Waals surface area contributed by atoms with Gasteiger partial charge in [-0.2, -0.15) is 0 Å². The molecule has 2 fully saturated rings. The number of hydrogen-bond donors (Lipinski definition) is 1. The standard InChI is InChI=1S/C17H22F2N2O3/c1-12-9-21(10-17(24-12)5-7-23-11-17)16(22)20-6-4-13-2-3-14(18)15(19)8-13/h2-3,8,12H,4-7,9-11H2,1H3,(H,20,22)/t12-,17-/m1/s1. The molecular weight excluding hydrogens is 318 g/mol. The zero-order chi connectivity index (χ0) is 17.2. The Labute approximate surface area is 139 Å². The molecule has 1 N–H and O–H groups in total. The third kappa shape index (κ3) is 3.84. The van der Waals surface area contributed by atoms with E-state index in [1.807, 2.05) is 6.92 Å². The summed E-state index contributed by atoms with van der Waals surface area (Å²) in [5.74, 6) is -1.74. The van der Waals surface area contributed by atoms with Gasteiger partial charge in [-0.25, -0.2) is 13.6 Å². The lowest BCUT2D eigenvalue weighted by Crippen LogP contribution is -2.59. The predicted octanol–water partition coefficient (Wildman–Crippen LogP) is 2.10. The van der Waals surface area contributed by atoms with Gasteiger partial charge in [0.25, 0.3) is 0 Å². The van der Waals surface area contributed by atoms with Crippen LogP contribution in [0.1, 0.15) is 18.9 Å². The van der Waals surface area contributed by atoms with E-state index in [9.17, 15) is 13.6 Å². The second kappa shape index (κ2) is 7.03. The molecule has 1 spiro atoms. The van der Waals surface area contributed by atoms with Crippen LogP contribution < -0.4 is 5.32 Å². The SMILES string of the molecule is C[C@@H]1CN(C(=O)NCCc2ccc(F)c(F)c2)C[C@@]2(CCOC2)O1. The third-order valence-electron chi connectivity index (χ3n) is 4.44. The van der Waals surface area contributed by atoms with Crippen LogP contribution in [0.15, 0.2) is 18.2 Å². The van der Waals surface area contributed by atoms with Crippen molar-refractivity contribution in [3.63, 3.8) is 0 Å². The number of nitrogens with one attached hydrogen (secondary N) is 1. The second-order valence-corrected chi connectivity index (χ2v) is 6.52. The molecule has 2 aliphatic rings. The Morgan fingerprint density at radius 2 is 2.25 bits per heavy atom. The van der Waals surface area contributed by atoms with Gasteiger partial charge in [0.15, 0.2) is 11.6 Å². The number of amides is 2. The van der Waals surface area contributed by atoms with E-state index in [0.29, 0.717) is 44.8 Å². The summed E-state index contributed by atoms with van der Waals surface area (Å²) in [6, 6.07) is 3.61. The molecule has 0 radical (unpaired) electrons. The number of morpholine rings is 1. The summed E-state index contributed by atoms with van der Waals surface area (Å²) in [6.45, 7) is 4.50. The van der Waals surface area contributed by atoms with Crippen molar-refractivity contribution in [2.75, 3.05) is 32.8 Å². The highest BCUT2D eigenvalue weighted by Crippen LogP contribution is 2.29. The largest absolute Gasteiger partial charge is 0.378 e. The molecule has 0 aliphatic carbocycles. The molecule has 1 aromatic rings. The van der Waals surface area contributed by atoms with Crippen molar-refractivity contribution in [3.8, 4) is 0 Å². The van der Waals surface area contributed by atoms with Gasteiger partial charge in [0, 0.05) is 26.1 Å². The number of halogens is 2. The number of rotatable bonds is 3. The Balaban J connectivity index is 1.51. The molecule has 24 heavy (non-hydrogen) atoms. The number of carbonyl (C=O) groups is 1. The van der Waals surface area contributed by atoms with Crippen LogP contribution in [0.2, 0.25) is 0 Å². The number of benzene rings is 1. The summed E-state index contributed by atoms with van der Waals surface area (Å²) in [7, 11) is 0. The maximum Gasteiger partial charge on any atom is 0.317 e. The molecule has 1 aromatic carbocycles. The van der Waals surface area contributed by atoms with Gasteiger partial charge in [0.2, 0.25) is 0 Å². The van der Waals surface area contributed by atoms with E-state index in [-0.39, 0.29) is 12.1 Å². The average molecular weight is 340 g/mol. The Morgan fingerprint density at radius 1 is 1.42 bits per heavy atom. The highest BCUT2D eigenvalue weighted by molar-refractivity contribution is 5.74. The molecule has 132 valence electrons. The molecule has 2 amide bonds. The summed E-state index contributed by atoms with van der Waals surface area (Å²) < 4.78 is 37.5. The van der Waals surface area contributed by atoms with Gasteiger partial charge in [-0.3, -0.25) is 0 Å². The summed E-state index contributed by atoms with van der Waals surface area (Å²) in [5, 5.41) is 2.84. The number of hydrogen-bond acceptors (Lipinski definition) is 3. The number of nitrogens with zero attached hydrogens (tertiary/aromatic N) is 1. The van der Waals surface area contributed by atoms with Crippen molar-refractivity contribution >= 4 is 6.03 Å². The number of ether oxygens (including phenoxy) is 2. The van der Waals surface area contributed by atoms with E-state index in [4.69, 9.17) is 9.47 Å². The van der Waals surface area contributed by atoms with Crippen molar-refractivity contribution in [2.24, 2.45) is 0 Å². The highest BCUT2D eigenvalue weighted by Gasteiger charge is 2.43. The first-order chi connectivity index (χ1) is 11.5. The van der Waals surface area contributed by atoms with Crippen LogP contribution in [-0.4, -0.2) is 55.5 Å². The van der Waals surface area contributed by atoms with Crippen molar-refractivity contribution in [1.82, 2.24) is 10.2 Å². The fourth-order valence-corrected chi connectivity index (χ4v) is 3.31. The molecule has 3 rings (SSSR count). The third-order valence-corrected chi connectivity index (χ3v) is 4.44. The maximum atomic E-state index is 13.2. The first kappa shape index (κ1) is 17.1. The van der Waals surface area contributed by atoms with Gasteiger partial charge in [-0.1, -0.05) is 6.07 Å². The van der Waals surface area contributed by atoms with Gasteiger partial charge >= 0.3 is 6.03 Å². The highest BCUT2D eigenvalue weighted by atomic mass is 19.2. The van der Waals surface area contributed by atoms with Crippen LogP contribution in [0.4, 0.5) is 13.6 Å². The summed E-state index contributed by atoms with van der Waals surface area (Å²) in [6.07, 6.45) is 1.19. The van der Waals surface area contributed by atoms with Crippen molar-refractivity contribution in [1.29, 1.82) is 0 Å².